The fraction of sp³-hybridized carbons (Fsp3) is 0.241. The molecule has 11 nitrogen and oxygen atoms in total. The van der Waals surface area contributed by atoms with E-state index in [1.165, 1.54) is 18.3 Å². The number of fused-ring (bicyclic) bond motifs is 2. The smallest absolute Gasteiger partial charge is 0.404 e. The molecule has 1 fully saturated rings. The van der Waals surface area contributed by atoms with E-state index in [2.05, 4.69) is 68.6 Å². The van der Waals surface area contributed by atoms with Gasteiger partial charge < -0.3 is 30.4 Å². The maximum atomic E-state index is 11.1. The van der Waals surface area contributed by atoms with Crippen molar-refractivity contribution >= 4 is 63.1 Å². The van der Waals surface area contributed by atoms with Crippen LogP contribution in [-0.2, 0) is 9.31 Å². The number of nitrogens with two attached hydrogens (primary N) is 1. The van der Waals surface area contributed by atoms with Gasteiger partial charge in [-0.3, -0.25) is 24.5 Å². The van der Waals surface area contributed by atoms with Crippen LogP contribution in [0.25, 0.3) is 27.6 Å². The van der Waals surface area contributed by atoms with Gasteiger partial charge in [0, 0.05) is 58.8 Å². The third kappa shape index (κ3) is 7.16. The van der Waals surface area contributed by atoms with E-state index in [-0.39, 0.29) is 29.4 Å². The Hall–Kier alpha value is -4.20. The van der Waals surface area contributed by atoms with Crippen LogP contribution in [0.3, 0.4) is 0 Å². The molecule has 0 atom stereocenters. The number of allylic oxidation sites excluding steroid dienone is 2. The highest BCUT2D eigenvalue weighted by Crippen LogP contribution is 2.38. The molecule has 42 heavy (non-hydrogen) atoms. The van der Waals surface area contributed by atoms with E-state index >= 15 is 0 Å². The largest absolute Gasteiger partial charge is 0.496 e. The molecule has 0 radical (unpaired) electrons. The highest BCUT2D eigenvalue weighted by Gasteiger charge is 2.52. The van der Waals surface area contributed by atoms with E-state index in [4.69, 9.17) is 20.5 Å². The predicted molar refractivity (Wildman–Crippen MR) is 171 cm³/mol. The molecule has 0 aromatic carbocycles. The Balaban J connectivity index is 0.000000146. The minimum Gasteiger partial charge on any atom is -0.404 e. The first-order valence-electron chi connectivity index (χ1n) is 13.0. The zero-order valence-electron chi connectivity index (χ0n) is 23.6. The van der Waals surface area contributed by atoms with Gasteiger partial charge in [-0.1, -0.05) is 6.08 Å². The minimum atomic E-state index is -0.255. The summed E-state index contributed by atoms with van der Waals surface area (Å²) in [7, 11) is -0.244. The van der Waals surface area contributed by atoms with Gasteiger partial charge in [0.1, 0.15) is 0 Å². The average molecular weight is 632 g/mol. The molecule has 2 aliphatic heterocycles. The summed E-state index contributed by atoms with van der Waals surface area (Å²) in [5, 5.41) is 7.17. The lowest BCUT2D eigenvalue weighted by Gasteiger charge is -2.32. The molecule has 5 N–H and O–H groups in total. The van der Waals surface area contributed by atoms with Crippen LogP contribution in [0.2, 0.25) is 0 Å². The first-order chi connectivity index (χ1) is 19.9. The molecule has 13 heteroatoms. The second kappa shape index (κ2) is 12.8. The number of H-pyrrole nitrogens is 2. The lowest BCUT2D eigenvalue weighted by molar-refractivity contribution is 0.00578. The fourth-order valence-corrected chi connectivity index (χ4v) is 4.27. The second-order valence-electron chi connectivity index (χ2n) is 10.4. The highest BCUT2D eigenvalue weighted by molar-refractivity contribution is 9.10. The summed E-state index contributed by atoms with van der Waals surface area (Å²) in [6.07, 6.45) is 9.66. The second-order valence-corrected chi connectivity index (χ2v) is 11.4. The molecule has 0 spiro atoms. The summed E-state index contributed by atoms with van der Waals surface area (Å²) in [6, 6.07) is 9.79. The minimum absolute atomic E-state index is 0.109. The first-order valence-corrected chi connectivity index (χ1v) is 13.8. The Kier molecular flexibility index (Phi) is 9.35. The molecule has 0 amide bonds. The Morgan fingerprint density at radius 1 is 0.976 bits per heavy atom. The third-order valence-corrected chi connectivity index (χ3v) is 7.40. The van der Waals surface area contributed by atoms with Crippen molar-refractivity contribution in [1.29, 1.82) is 5.41 Å². The maximum Gasteiger partial charge on any atom is 0.496 e. The van der Waals surface area contributed by atoms with Gasteiger partial charge >= 0.3 is 7.12 Å². The van der Waals surface area contributed by atoms with E-state index in [1.807, 2.05) is 18.4 Å². The molecule has 0 saturated carbocycles. The zero-order chi connectivity index (χ0) is 30.5. The molecule has 216 valence electrons. The molecule has 4 aromatic heterocycles. The van der Waals surface area contributed by atoms with Crippen molar-refractivity contribution in [2.45, 2.75) is 38.9 Å². The van der Waals surface area contributed by atoms with Gasteiger partial charge in [0.15, 0.2) is 0 Å². The number of nitrogens with zero attached hydrogens (tertiary/aromatic N) is 3. The van der Waals surface area contributed by atoms with Crippen LogP contribution in [-0.4, -0.2) is 57.2 Å². The number of pyridine rings is 4. The number of hydrogen-bond acceptors (Lipinski definition) is 9. The van der Waals surface area contributed by atoms with Crippen molar-refractivity contribution in [1.82, 2.24) is 19.9 Å². The van der Waals surface area contributed by atoms with Crippen LogP contribution in [0, 0.1) is 5.41 Å². The Bertz CT molecular complexity index is 1810. The zero-order valence-corrected chi connectivity index (χ0v) is 25.2. The van der Waals surface area contributed by atoms with Gasteiger partial charge in [-0.2, -0.15) is 0 Å². The number of nitrogens with one attached hydrogen (secondary N) is 3. The first kappa shape index (κ1) is 30.8. The summed E-state index contributed by atoms with van der Waals surface area (Å²) in [5.74, 6) is 0. The van der Waals surface area contributed by atoms with Gasteiger partial charge in [0.05, 0.1) is 39.8 Å². The molecule has 2 aliphatic rings. The summed E-state index contributed by atoms with van der Waals surface area (Å²) in [4.78, 5) is 39.8. The fourth-order valence-electron chi connectivity index (χ4n) is 3.94. The molecule has 6 rings (SSSR count). The maximum absolute atomic E-state index is 11.1. The topological polar surface area (TPSA) is 172 Å². The Labute approximate surface area is 250 Å². The molecular formula is C29H31BBrN7O4. The Morgan fingerprint density at radius 3 is 2.07 bits per heavy atom. The number of hydrogen-bond donors (Lipinski definition) is 4. The SMILES string of the molecule is CC1(C)OB(C2=CCN=C2)OC1(C)C.N=CC(=CN)c1cnc2ccc(=O)[nH]c2c1.O=c1ccc2ncc(Br)cc2[nH]1. The van der Waals surface area contributed by atoms with Crippen molar-refractivity contribution in [3.05, 3.63) is 97.3 Å². The molecule has 0 unspecified atom stereocenters. The van der Waals surface area contributed by atoms with Crippen molar-refractivity contribution in [2.75, 3.05) is 6.54 Å². The number of aliphatic imine (C=N–C) groups is 1. The van der Waals surface area contributed by atoms with Gasteiger partial charge in [-0.15, -0.1) is 0 Å². The van der Waals surface area contributed by atoms with Gasteiger partial charge in [-0.05, 0) is 73.4 Å². The van der Waals surface area contributed by atoms with Crippen molar-refractivity contribution in [2.24, 2.45) is 10.7 Å². The van der Waals surface area contributed by atoms with Crippen molar-refractivity contribution < 1.29 is 9.31 Å². The van der Waals surface area contributed by atoms with Crippen LogP contribution < -0.4 is 16.9 Å². The quantitative estimate of drug-likeness (QED) is 0.194. The molecule has 0 bridgehead atoms. The van der Waals surface area contributed by atoms with Crippen LogP contribution >= 0.6 is 15.9 Å². The third-order valence-electron chi connectivity index (χ3n) is 6.97. The number of aromatic nitrogens is 4. The monoisotopic (exact) mass is 631 g/mol. The normalized spacial score (nSPS) is 16.8. The molecule has 4 aromatic rings. The van der Waals surface area contributed by atoms with E-state index in [1.54, 1.807) is 30.6 Å². The Morgan fingerprint density at radius 2 is 1.55 bits per heavy atom. The number of rotatable bonds is 3. The van der Waals surface area contributed by atoms with Crippen molar-refractivity contribution in [3.63, 3.8) is 0 Å². The lowest BCUT2D eigenvalue weighted by atomic mass is 9.79. The summed E-state index contributed by atoms with van der Waals surface area (Å²) in [5.41, 5.74) is 9.74. The van der Waals surface area contributed by atoms with E-state index < -0.39 is 0 Å². The van der Waals surface area contributed by atoms with E-state index in [0.29, 0.717) is 22.2 Å². The summed E-state index contributed by atoms with van der Waals surface area (Å²) >= 11 is 3.27. The van der Waals surface area contributed by atoms with Gasteiger partial charge in [0.2, 0.25) is 11.1 Å². The van der Waals surface area contributed by atoms with E-state index in [9.17, 15) is 9.59 Å². The van der Waals surface area contributed by atoms with E-state index in [0.717, 1.165) is 33.7 Å². The van der Waals surface area contributed by atoms with Gasteiger partial charge in [0.25, 0.3) is 0 Å². The van der Waals surface area contributed by atoms with Crippen LogP contribution in [0.4, 0.5) is 0 Å². The highest BCUT2D eigenvalue weighted by atomic mass is 79.9. The predicted octanol–water partition coefficient (Wildman–Crippen LogP) is 4.19. The molecule has 0 aliphatic carbocycles. The van der Waals surface area contributed by atoms with Crippen LogP contribution in [0.5, 0.6) is 0 Å². The summed E-state index contributed by atoms with van der Waals surface area (Å²) < 4.78 is 12.6. The average Bonchev–Trinajstić information content (AvgIpc) is 3.55. The molecular weight excluding hydrogens is 601 g/mol. The standard InChI is InChI=1S/C11H10N4O.C10H16BNO2.C8H5BrN2O/c12-4-8(5-13)7-3-10-9(14-6-7)1-2-11(16)15-10;1-9(2)10(3,4)14-11(13-9)8-5-6-12-7-8;9-5-3-7-6(10-4-5)1-2-8(12)11-7/h1-6,12H,13H2,(H,15,16);5,7H,6H2,1-4H3;1-4H,(H,11,12). The van der Waals surface area contributed by atoms with Crippen LogP contribution in [0.15, 0.2) is 85.6 Å². The number of halogens is 1. The van der Waals surface area contributed by atoms with Crippen molar-refractivity contribution in [3.8, 4) is 0 Å². The molecule has 1 saturated heterocycles. The number of aromatic amines is 2. The van der Waals surface area contributed by atoms with Gasteiger partial charge in [-0.25, -0.2) is 0 Å². The summed E-state index contributed by atoms with van der Waals surface area (Å²) in [6.45, 7) is 8.97. The molecule has 6 heterocycles. The van der Waals surface area contributed by atoms with Crippen LogP contribution in [0.1, 0.15) is 33.3 Å². The lowest BCUT2D eigenvalue weighted by Crippen LogP contribution is -2.41.